The average Bonchev–Trinajstić information content (AvgIpc) is 3.27. The van der Waals surface area contributed by atoms with Gasteiger partial charge in [0.1, 0.15) is 11.8 Å². The number of carbonyl (C=O) groups is 1. The zero-order valence-electron chi connectivity index (χ0n) is 16.1. The monoisotopic (exact) mass is 375 g/mol. The summed E-state index contributed by atoms with van der Waals surface area (Å²) < 4.78 is 5.72. The fraction of sp³-hybridized carbons (Fsp3) is 0.292. The molecule has 0 radical (unpaired) electrons. The Kier molecular flexibility index (Phi) is 5.88. The first-order chi connectivity index (χ1) is 13.8. The fourth-order valence-corrected chi connectivity index (χ4v) is 4.03. The molecule has 1 aliphatic heterocycles. The number of quaternary nitrogens is 1. The van der Waals surface area contributed by atoms with E-state index in [1.807, 2.05) is 42.5 Å². The molecular formula is C24H27N2O2+. The molecule has 4 heteroatoms. The van der Waals surface area contributed by atoms with Gasteiger partial charge in [0.2, 0.25) is 0 Å². The van der Waals surface area contributed by atoms with Crippen LogP contribution in [0.15, 0.2) is 72.8 Å². The second-order valence-corrected chi connectivity index (χ2v) is 7.43. The van der Waals surface area contributed by atoms with Gasteiger partial charge in [-0.1, -0.05) is 60.7 Å². The number of benzene rings is 3. The highest BCUT2D eigenvalue weighted by molar-refractivity contribution is 5.84. The summed E-state index contributed by atoms with van der Waals surface area (Å²) in [6.45, 7) is 3.01. The van der Waals surface area contributed by atoms with Crippen molar-refractivity contribution in [2.75, 3.05) is 26.2 Å². The van der Waals surface area contributed by atoms with Crippen molar-refractivity contribution >= 4 is 16.7 Å². The summed E-state index contributed by atoms with van der Waals surface area (Å²) in [5.74, 6) is 0.645. The van der Waals surface area contributed by atoms with Crippen LogP contribution in [0, 0.1) is 0 Å². The number of fused-ring (bicyclic) bond motifs is 1. The number of hydrogen-bond acceptors (Lipinski definition) is 2. The van der Waals surface area contributed by atoms with E-state index in [-0.39, 0.29) is 12.5 Å². The van der Waals surface area contributed by atoms with Crippen LogP contribution in [0.3, 0.4) is 0 Å². The lowest BCUT2D eigenvalue weighted by atomic mass is 10.1. The standard InChI is InChI=1S/C24H26N2O2/c27-24(18-28-22-13-12-19-8-4-5-11-21(19)16-22)25-17-23(26-14-6-7-15-26)20-9-2-1-3-10-20/h1-5,8-13,16,23H,6-7,14-15,17-18H2,(H,25,27)/p+1/t23-/m1/s1. The Bertz CT molecular complexity index is 920. The number of ether oxygens (including phenoxy) is 1. The zero-order chi connectivity index (χ0) is 19.2. The largest absolute Gasteiger partial charge is 0.484 e. The second kappa shape index (κ2) is 8.89. The molecule has 4 rings (SSSR count). The number of carbonyl (C=O) groups excluding carboxylic acids is 1. The summed E-state index contributed by atoms with van der Waals surface area (Å²) in [5, 5.41) is 5.36. The smallest absolute Gasteiger partial charge is 0.258 e. The van der Waals surface area contributed by atoms with Crippen LogP contribution in [0.5, 0.6) is 5.75 Å². The van der Waals surface area contributed by atoms with Gasteiger partial charge in [0.05, 0.1) is 19.6 Å². The maximum absolute atomic E-state index is 12.4. The molecule has 1 heterocycles. The van der Waals surface area contributed by atoms with Crippen molar-refractivity contribution in [3.63, 3.8) is 0 Å². The first kappa shape index (κ1) is 18.5. The van der Waals surface area contributed by atoms with Crippen molar-refractivity contribution < 1.29 is 14.4 Å². The van der Waals surface area contributed by atoms with Crippen LogP contribution >= 0.6 is 0 Å². The number of nitrogens with one attached hydrogen (secondary N) is 2. The molecular weight excluding hydrogens is 348 g/mol. The number of amides is 1. The molecule has 0 aliphatic carbocycles. The molecule has 0 saturated carbocycles. The Morgan fingerprint density at radius 3 is 2.43 bits per heavy atom. The van der Waals surface area contributed by atoms with E-state index >= 15 is 0 Å². The van der Waals surface area contributed by atoms with Crippen LogP contribution in [0.25, 0.3) is 10.8 Å². The zero-order valence-corrected chi connectivity index (χ0v) is 16.1. The van der Waals surface area contributed by atoms with Crippen molar-refractivity contribution in [2.45, 2.75) is 18.9 Å². The normalized spacial score (nSPS) is 15.4. The second-order valence-electron chi connectivity index (χ2n) is 7.43. The van der Waals surface area contributed by atoms with Crippen LogP contribution in [0.4, 0.5) is 0 Å². The predicted molar refractivity (Wildman–Crippen MR) is 112 cm³/mol. The van der Waals surface area contributed by atoms with Crippen LogP contribution in [0.2, 0.25) is 0 Å². The minimum absolute atomic E-state index is 0.0369. The van der Waals surface area contributed by atoms with Crippen molar-refractivity contribution in [3.05, 3.63) is 78.4 Å². The topological polar surface area (TPSA) is 42.8 Å². The van der Waals surface area contributed by atoms with Crippen molar-refractivity contribution in [2.24, 2.45) is 0 Å². The Hall–Kier alpha value is -2.85. The molecule has 28 heavy (non-hydrogen) atoms. The lowest BCUT2D eigenvalue weighted by Gasteiger charge is -2.25. The number of hydrogen-bond donors (Lipinski definition) is 2. The van der Waals surface area contributed by atoms with E-state index < -0.39 is 0 Å². The maximum Gasteiger partial charge on any atom is 0.258 e. The van der Waals surface area contributed by atoms with Gasteiger partial charge in [0.15, 0.2) is 6.61 Å². The molecule has 1 aliphatic rings. The summed E-state index contributed by atoms with van der Waals surface area (Å²) >= 11 is 0. The molecule has 0 aromatic heterocycles. The number of likely N-dealkylation sites (tertiary alicyclic amines) is 1. The van der Waals surface area contributed by atoms with Gasteiger partial charge in [-0.3, -0.25) is 4.79 Å². The maximum atomic E-state index is 12.4. The Balaban J connectivity index is 1.34. The van der Waals surface area contributed by atoms with Gasteiger partial charge in [-0.2, -0.15) is 0 Å². The quantitative estimate of drug-likeness (QED) is 0.667. The fourth-order valence-electron chi connectivity index (χ4n) is 4.03. The van der Waals surface area contributed by atoms with Crippen molar-refractivity contribution in [1.29, 1.82) is 0 Å². The van der Waals surface area contributed by atoms with E-state index in [1.165, 1.54) is 36.9 Å². The van der Waals surface area contributed by atoms with E-state index in [1.54, 1.807) is 4.90 Å². The summed E-state index contributed by atoms with van der Waals surface area (Å²) in [6, 6.07) is 24.8. The molecule has 3 aromatic carbocycles. The molecule has 1 saturated heterocycles. The van der Waals surface area contributed by atoms with E-state index in [9.17, 15) is 4.79 Å². The van der Waals surface area contributed by atoms with E-state index in [4.69, 9.17) is 4.74 Å². The molecule has 2 N–H and O–H groups in total. The Labute approximate surface area is 166 Å². The van der Waals surface area contributed by atoms with Crippen molar-refractivity contribution in [3.8, 4) is 5.75 Å². The highest BCUT2D eigenvalue weighted by atomic mass is 16.5. The van der Waals surface area contributed by atoms with Gasteiger partial charge >= 0.3 is 0 Å². The van der Waals surface area contributed by atoms with Gasteiger partial charge in [0, 0.05) is 18.4 Å². The van der Waals surface area contributed by atoms with Crippen LogP contribution < -0.4 is 15.0 Å². The minimum atomic E-state index is -0.0762. The Morgan fingerprint density at radius 2 is 1.64 bits per heavy atom. The lowest BCUT2D eigenvalue weighted by Crippen LogP contribution is -3.11. The molecule has 1 amide bonds. The van der Waals surface area contributed by atoms with Gasteiger partial charge in [-0.05, 0) is 22.9 Å². The molecule has 144 valence electrons. The number of rotatable bonds is 7. The van der Waals surface area contributed by atoms with Gasteiger partial charge in [-0.25, -0.2) is 0 Å². The summed E-state index contributed by atoms with van der Waals surface area (Å²) in [4.78, 5) is 13.9. The molecule has 0 unspecified atom stereocenters. The lowest BCUT2D eigenvalue weighted by molar-refractivity contribution is -0.918. The van der Waals surface area contributed by atoms with Crippen LogP contribution in [-0.2, 0) is 4.79 Å². The molecule has 0 spiro atoms. The first-order valence-corrected chi connectivity index (χ1v) is 10.1. The van der Waals surface area contributed by atoms with E-state index in [0.29, 0.717) is 12.6 Å². The third-order valence-electron chi connectivity index (χ3n) is 5.53. The van der Waals surface area contributed by atoms with E-state index in [2.05, 4.69) is 35.6 Å². The SMILES string of the molecule is O=C(COc1ccc2ccccc2c1)NC[C@H](c1ccccc1)[NH+]1CCCC1. The molecule has 3 aromatic rings. The van der Waals surface area contributed by atoms with Gasteiger partial charge in [-0.15, -0.1) is 0 Å². The van der Waals surface area contributed by atoms with Gasteiger partial charge < -0.3 is 15.0 Å². The summed E-state index contributed by atoms with van der Waals surface area (Å²) in [5.41, 5.74) is 1.29. The Morgan fingerprint density at radius 1 is 0.929 bits per heavy atom. The predicted octanol–water partition coefficient (Wildman–Crippen LogP) is 2.75. The molecule has 0 bridgehead atoms. The van der Waals surface area contributed by atoms with Crippen LogP contribution in [0.1, 0.15) is 24.4 Å². The third-order valence-corrected chi connectivity index (χ3v) is 5.53. The van der Waals surface area contributed by atoms with E-state index in [0.717, 1.165) is 11.1 Å². The molecule has 4 nitrogen and oxygen atoms in total. The molecule has 1 atom stereocenters. The van der Waals surface area contributed by atoms with Crippen molar-refractivity contribution in [1.82, 2.24) is 5.32 Å². The molecule has 1 fully saturated rings. The van der Waals surface area contributed by atoms with Gasteiger partial charge in [0.25, 0.3) is 5.91 Å². The summed E-state index contributed by atoms with van der Waals surface area (Å²) in [6.07, 6.45) is 2.52. The first-order valence-electron chi connectivity index (χ1n) is 10.1. The average molecular weight is 375 g/mol. The summed E-state index contributed by atoms with van der Waals surface area (Å²) in [7, 11) is 0. The highest BCUT2D eigenvalue weighted by Crippen LogP contribution is 2.20. The minimum Gasteiger partial charge on any atom is -0.484 e. The van der Waals surface area contributed by atoms with Crippen LogP contribution in [-0.4, -0.2) is 32.1 Å². The third kappa shape index (κ3) is 4.52. The highest BCUT2D eigenvalue weighted by Gasteiger charge is 2.27.